The highest BCUT2D eigenvalue weighted by Crippen LogP contribution is 2.31. The molecule has 0 unspecified atom stereocenters. The summed E-state index contributed by atoms with van der Waals surface area (Å²) in [5, 5.41) is 7.00. The minimum atomic E-state index is -0.518. The molecule has 3 atom stereocenters. The Morgan fingerprint density at radius 2 is 1.81 bits per heavy atom. The van der Waals surface area contributed by atoms with E-state index in [4.69, 9.17) is 19.0 Å². The molecule has 0 bridgehead atoms. The third-order valence-corrected chi connectivity index (χ3v) is 5.22. The van der Waals surface area contributed by atoms with Gasteiger partial charge >= 0.3 is 6.09 Å². The molecule has 176 valence electrons. The number of hydrogen-bond donors (Lipinski definition) is 1. The van der Waals surface area contributed by atoms with Gasteiger partial charge in [0.2, 0.25) is 11.7 Å². The summed E-state index contributed by atoms with van der Waals surface area (Å²) in [7, 11) is 0. The molecule has 1 amide bonds. The van der Waals surface area contributed by atoms with E-state index in [0.717, 1.165) is 24.2 Å². The van der Waals surface area contributed by atoms with Gasteiger partial charge < -0.3 is 19.3 Å². The number of alkyl carbamates (subject to hydrolysis) is 1. The second-order valence-corrected chi connectivity index (χ2v) is 9.91. The van der Waals surface area contributed by atoms with Crippen LogP contribution >= 0.6 is 0 Å². The van der Waals surface area contributed by atoms with E-state index in [1.165, 1.54) is 0 Å². The van der Waals surface area contributed by atoms with Crippen LogP contribution < -0.4 is 5.32 Å². The molecule has 0 radical (unpaired) electrons. The van der Waals surface area contributed by atoms with Crippen LogP contribution in [0.15, 0.2) is 28.8 Å². The Hall–Kier alpha value is -2.45. The first-order valence-electron chi connectivity index (χ1n) is 11.3. The Balaban J connectivity index is 1.67. The van der Waals surface area contributed by atoms with Gasteiger partial charge in [0.25, 0.3) is 0 Å². The van der Waals surface area contributed by atoms with Crippen molar-refractivity contribution in [3.05, 3.63) is 35.7 Å². The van der Waals surface area contributed by atoms with Crippen LogP contribution in [0.25, 0.3) is 11.4 Å². The lowest BCUT2D eigenvalue weighted by Gasteiger charge is -2.40. The molecule has 1 aliphatic rings. The molecule has 2 aromatic rings. The predicted molar refractivity (Wildman–Crippen MR) is 122 cm³/mol. The second-order valence-electron chi connectivity index (χ2n) is 9.91. The first kappa shape index (κ1) is 24.2. The fourth-order valence-electron chi connectivity index (χ4n) is 4.04. The van der Waals surface area contributed by atoms with Gasteiger partial charge in [-0.2, -0.15) is 4.98 Å². The van der Waals surface area contributed by atoms with Gasteiger partial charge in [0.1, 0.15) is 5.60 Å². The summed E-state index contributed by atoms with van der Waals surface area (Å²) in [4.78, 5) is 18.9. The Kier molecular flexibility index (Phi) is 7.56. The SMILES string of the molecule is CC(C)[C@H](c1nc(-c2ccc(CNC(=O)OC(C)(C)C)cc2)no1)N1C[C@@H](C)O[C@@H](C)C1. The summed E-state index contributed by atoms with van der Waals surface area (Å²) in [6, 6.07) is 7.79. The number of carbonyl (C=O) groups excluding carboxylic acids is 1. The molecule has 3 rings (SSSR count). The molecule has 1 saturated heterocycles. The van der Waals surface area contributed by atoms with Crippen molar-refractivity contribution in [1.82, 2.24) is 20.4 Å². The first-order chi connectivity index (χ1) is 15.0. The maximum atomic E-state index is 11.8. The normalized spacial score (nSPS) is 20.9. The van der Waals surface area contributed by atoms with E-state index >= 15 is 0 Å². The van der Waals surface area contributed by atoms with Crippen LogP contribution in [0, 0.1) is 5.92 Å². The number of hydrogen-bond acceptors (Lipinski definition) is 7. The van der Waals surface area contributed by atoms with Crippen molar-refractivity contribution in [2.24, 2.45) is 5.92 Å². The second kappa shape index (κ2) is 10.0. The largest absolute Gasteiger partial charge is 0.444 e. The van der Waals surface area contributed by atoms with Gasteiger partial charge in [0, 0.05) is 25.2 Å². The summed E-state index contributed by atoms with van der Waals surface area (Å²) in [5.74, 6) is 1.51. The van der Waals surface area contributed by atoms with E-state index in [2.05, 4.69) is 43.1 Å². The Morgan fingerprint density at radius 3 is 2.38 bits per heavy atom. The average molecular weight is 445 g/mol. The number of nitrogens with one attached hydrogen (secondary N) is 1. The Morgan fingerprint density at radius 1 is 1.19 bits per heavy atom. The fourth-order valence-corrected chi connectivity index (χ4v) is 4.04. The monoisotopic (exact) mass is 444 g/mol. The van der Waals surface area contributed by atoms with E-state index in [1.54, 1.807) is 0 Å². The highest BCUT2D eigenvalue weighted by molar-refractivity contribution is 5.67. The van der Waals surface area contributed by atoms with Crippen molar-refractivity contribution in [2.75, 3.05) is 13.1 Å². The Labute approximate surface area is 190 Å². The average Bonchev–Trinajstić information content (AvgIpc) is 3.14. The number of morpholine rings is 1. The lowest BCUT2D eigenvalue weighted by atomic mass is 10.0. The van der Waals surface area contributed by atoms with Gasteiger partial charge in [0.05, 0.1) is 18.2 Å². The van der Waals surface area contributed by atoms with Crippen molar-refractivity contribution in [2.45, 2.75) is 78.9 Å². The molecule has 2 heterocycles. The molecule has 1 aliphatic heterocycles. The van der Waals surface area contributed by atoms with E-state index in [-0.39, 0.29) is 18.2 Å². The topological polar surface area (TPSA) is 89.7 Å². The summed E-state index contributed by atoms with van der Waals surface area (Å²) in [6.45, 7) is 16.1. The summed E-state index contributed by atoms with van der Waals surface area (Å²) in [5.41, 5.74) is 1.31. The van der Waals surface area contributed by atoms with Crippen molar-refractivity contribution >= 4 is 6.09 Å². The van der Waals surface area contributed by atoms with Crippen LogP contribution in [0.4, 0.5) is 4.79 Å². The highest BCUT2D eigenvalue weighted by atomic mass is 16.6. The minimum absolute atomic E-state index is 0.0438. The van der Waals surface area contributed by atoms with E-state index in [1.807, 2.05) is 45.0 Å². The molecule has 1 fully saturated rings. The van der Waals surface area contributed by atoms with Crippen LogP contribution in [-0.4, -0.2) is 52.0 Å². The standard InChI is InChI=1S/C24H36N4O4/c1-15(2)20(28-13-16(3)30-17(4)14-28)22-26-21(27-32-22)19-10-8-18(9-11-19)12-25-23(29)31-24(5,6)7/h8-11,15-17,20H,12-14H2,1-7H3,(H,25,29)/t16-,17+,20-/m1/s1. The molecule has 1 aromatic carbocycles. The smallest absolute Gasteiger partial charge is 0.407 e. The molecular weight excluding hydrogens is 408 g/mol. The zero-order chi connectivity index (χ0) is 23.5. The summed E-state index contributed by atoms with van der Waals surface area (Å²) < 4.78 is 16.9. The van der Waals surface area contributed by atoms with Crippen molar-refractivity contribution in [1.29, 1.82) is 0 Å². The molecule has 1 aromatic heterocycles. The number of amides is 1. The predicted octanol–water partition coefficient (Wildman–Crippen LogP) is 4.57. The van der Waals surface area contributed by atoms with E-state index < -0.39 is 11.7 Å². The summed E-state index contributed by atoms with van der Waals surface area (Å²) >= 11 is 0. The van der Waals surface area contributed by atoms with Gasteiger partial charge in [-0.05, 0) is 46.1 Å². The minimum Gasteiger partial charge on any atom is -0.444 e. The molecule has 32 heavy (non-hydrogen) atoms. The highest BCUT2D eigenvalue weighted by Gasteiger charge is 2.34. The number of rotatable bonds is 6. The number of ether oxygens (including phenoxy) is 2. The van der Waals surface area contributed by atoms with Crippen molar-refractivity contribution < 1.29 is 18.8 Å². The first-order valence-corrected chi connectivity index (χ1v) is 11.3. The molecule has 1 N–H and O–H groups in total. The summed E-state index contributed by atoms with van der Waals surface area (Å²) in [6.07, 6.45) is -0.0932. The zero-order valence-electron chi connectivity index (χ0n) is 20.2. The number of benzene rings is 1. The van der Waals surface area contributed by atoms with Gasteiger partial charge in [-0.15, -0.1) is 0 Å². The Bertz CT molecular complexity index is 878. The third kappa shape index (κ3) is 6.53. The molecule has 0 aliphatic carbocycles. The number of aromatic nitrogens is 2. The van der Waals surface area contributed by atoms with Crippen LogP contribution in [0.3, 0.4) is 0 Å². The maximum absolute atomic E-state index is 11.8. The zero-order valence-corrected chi connectivity index (χ0v) is 20.2. The molecule has 8 nitrogen and oxygen atoms in total. The molecule has 8 heteroatoms. The number of nitrogens with zero attached hydrogens (tertiary/aromatic N) is 3. The van der Waals surface area contributed by atoms with Crippen molar-refractivity contribution in [3.8, 4) is 11.4 Å². The fraction of sp³-hybridized carbons (Fsp3) is 0.625. The van der Waals surface area contributed by atoms with Crippen LogP contribution in [0.1, 0.15) is 66.0 Å². The quantitative estimate of drug-likeness (QED) is 0.698. The van der Waals surface area contributed by atoms with Gasteiger partial charge in [-0.3, -0.25) is 4.90 Å². The van der Waals surface area contributed by atoms with Gasteiger partial charge in [-0.1, -0.05) is 43.3 Å². The molecule has 0 spiro atoms. The van der Waals surface area contributed by atoms with E-state index in [9.17, 15) is 4.79 Å². The van der Waals surface area contributed by atoms with Crippen LogP contribution in [-0.2, 0) is 16.0 Å². The molecular formula is C24H36N4O4. The van der Waals surface area contributed by atoms with Crippen LogP contribution in [0.2, 0.25) is 0 Å². The molecule has 0 saturated carbocycles. The maximum Gasteiger partial charge on any atom is 0.407 e. The number of carbonyl (C=O) groups is 1. The van der Waals surface area contributed by atoms with Gasteiger partial charge in [-0.25, -0.2) is 4.79 Å². The van der Waals surface area contributed by atoms with Crippen LogP contribution in [0.5, 0.6) is 0 Å². The van der Waals surface area contributed by atoms with E-state index in [0.29, 0.717) is 24.2 Å². The third-order valence-electron chi connectivity index (χ3n) is 5.22. The lowest BCUT2D eigenvalue weighted by molar-refractivity contribution is -0.0899. The van der Waals surface area contributed by atoms with Crippen molar-refractivity contribution in [3.63, 3.8) is 0 Å². The lowest BCUT2D eigenvalue weighted by Crippen LogP contribution is -2.48. The van der Waals surface area contributed by atoms with Gasteiger partial charge in [0.15, 0.2) is 0 Å².